The SMILES string of the molecule is O=S(=O)(O)C(F)(F)CC1CC2CC1CC2OC1CCCCO1. The Morgan fingerprint density at radius 3 is 2.50 bits per heavy atom. The van der Waals surface area contributed by atoms with Crippen molar-refractivity contribution >= 4 is 10.1 Å². The minimum absolute atomic E-state index is 0.0312. The summed E-state index contributed by atoms with van der Waals surface area (Å²) in [5, 5.41) is -4.05. The largest absolute Gasteiger partial charge is 0.370 e. The number of fused-ring (bicyclic) bond motifs is 2. The summed E-state index contributed by atoms with van der Waals surface area (Å²) in [6.07, 6.45) is 4.06. The molecule has 1 heterocycles. The van der Waals surface area contributed by atoms with E-state index in [1.807, 2.05) is 0 Å². The van der Waals surface area contributed by atoms with Crippen LogP contribution in [0.25, 0.3) is 0 Å². The van der Waals surface area contributed by atoms with Gasteiger partial charge in [-0.2, -0.15) is 17.2 Å². The van der Waals surface area contributed by atoms with Gasteiger partial charge >= 0.3 is 15.4 Å². The fraction of sp³-hybridized carbons (Fsp3) is 1.00. The molecule has 1 saturated heterocycles. The van der Waals surface area contributed by atoms with Crippen molar-refractivity contribution in [3.8, 4) is 0 Å². The van der Waals surface area contributed by atoms with E-state index in [0.29, 0.717) is 19.4 Å². The van der Waals surface area contributed by atoms with Gasteiger partial charge in [-0.15, -0.1) is 0 Å². The molecule has 1 N–H and O–H groups in total. The summed E-state index contributed by atoms with van der Waals surface area (Å²) >= 11 is 0. The van der Waals surface area contributed by atoms with E-state index in [4.69, 9.17) is 14.0 Å². The molecule has 3 aliphatic rings. The normalized spacial score (nSPS) is 39.3. The molecule has 0 aromatic heterocycles. The maximum atomic E-state index is 13.5. The Bertz CT molecular complexity index is 503. The average Bonchev–Trinajstić information content (AvgIpc) is 2.97. The van der Waals surface area contributed by atoms with Gasteiger partial charge in [-0.25, -0.2) is 0 Å². The quantitative estimate of drug-likeness (QED) is 0.779. The molecule has 5 unspecified atom stereocenters. The molecule has 2 bridgehead atoms. The molecule has 0 aromatic rings. The predicted molar refractivity (Wildman–Crippen MR) is 73.9 cm³/mol. The summed E-state index contributed by atoms with van der Waals surface area (Å²) in [6.45, 7) is 0.703. The number of alkyl halides is 2. The van der Waals surface area contributed by atoms with Crippen molar-refractivity contribution in [3.05, 3.63) is 0 Å². The second-order valence-corrected chi connectivity index (χ2v) is 8.32. The Morgan fingerprint density at radius 2 is 1.95 bits per heavy atom. The molecule has 5 nitrogen and oxygen atoms in total. The standard InChI is InChI=1S/C14H22F2O5S/c15-14(16,22(17,18)19)8-11-6-10-5-9(11)7-12(10)21-13-3-1-2-4-20-13/h9-13H,1-8H2,(H,17,18,19). The first kappa shape index (κ1) is 16.5. The summed E-state index contributed by atoms with van der Waals surface area (Å²) in [5.74, 6) is -0.127. The molecule has 3 fully saturated rings. The van der Waals surface area contributed by atoms with Crippen LogP contribution in [-0.4, -0.2) is 37.2 Å². The molecule has 22 heavy (non-hydrogen) atoms. The number of ether oxygens (including phenoxy) is 2. The maximum Gasteiger partial charge on any atom is 0.370 e. The molecule has 8 heteroatoms. The minimum Gasteiger partial charge on any atom is -0.353 e. The fourth-order valence-corrected chi connectivity index (χ4v) is 4.61. The van der Waals surface area contributed by atoms with E-state index in [2.05, 4.69) is 0 Å². The lowest BCUT2D eigenvalue weighted by atomic mass is 9.85. The van der Waals surface area contributed by atoms with E-state index in [-0.39, 0.29) is 30.1 Å². The Kier molecular flexibility index (Phi) is 4.48. The lowest BCUT2D eigenvalue weighted by Gasteiger charge is -2.33. The van der Waals surface area contributed by atoms with Gasteiger partial charge in [0.1, 0.15) is 0 Å². The number of hydrogen-bond donors (Lipinski definition) is 1. The molecule has 128 valence electrons. The van der Waals surface area contributed by atoms with Gasteiger partial charge in [-0.1, -0.05) is 0 Å². The minimum atomic E-state index is -5.33. The molecule has 5 atom stereocenters. The lowest BCUT2D eigenvalue weighted by Crippen LogP contribution is -2.36. The van der Waals surface area contributed by atoms with E-state index in [9.17, 15) is 17.2 Å². The summed E-state index contributed by atoms with van der Waals surface area (Å²) in [4.78, 5) is 0. The van der Waals surface area contributed by atoms with Crippen molar-refractivity contribution in [2.75, 3.05) is 6.61 Å². The van der Waals surface area contributed by atoms with Gasteiger partial charge in [-0.3, -0.25) is 4.55 Å². The van der Waals surface area contributed by atoms with Crippen LogP contribution >= 0.6 is 0 Å². The molecule has 0 aromatic carbocycles. The topological polar surface area (TPSA) is 72.8 Å². The van der Waals surface area contributed by atoms with Crippen molar-refractivity contribution in [1.82, 2.24) is 0 Å². The summed E-state index contributed by atoms with van der Waals surface area (Å²) < 4.78 is 68.6. The van der Waals surface area contributed by atoms with Gasteiger partial charge in [-0.05, 0) is 56.3 Å². The Morgan fingerprint density at radius 1 is 1.18 bits per heavy atom. The number of rotatable bonds is 5. The molecule has 2 saturated carbocycles. The summed E-state index contributed by atoms with van der Waals surface area (Å²) in [5.41, 5.74) is 0. The molecule has 2 aliphatic carbocycles. The average molecular weight is 340 g/mol. The highest BCUT2D eigenvalue weighted by Crippen LogP contribution is 2.53. The van der Waals surface area contributed by atoms with Gasteiger partial charge in [0.25, 0.3) is 0 Å². The third-order valence-electron chi connectivity index (χ3n) is 5.28. The van der Waals surface area contributed by atoms with Crippen LogP contribution in [0.2, 0.25) is 0 Å². The third kappa shape index (κ3) is 3.29. The van der Waals surface area contributed by atoms with Crippen LogP contribution in [0.15, 0.2) is 0 Å². The highest BCUT2D eigenvalue weighted by atomic mass is 32.2. The first-order valence-electron chi connectivity index (χ1n) is 7.88. The van der Waals surface area contributed by atoms with Crippen molar-refractivity contribution in [2.45, 2.75) is 62.6 Å². The van der Waals surface area contributed by atoms with Gasteiger partial charge in [0.05, 0.1) is 6.10 Å². The van der Waals surface area contributed by atoms with Crippen LogP contribution in [0, 0.1) is 17.8 Å². The third-order valence-corrected chi connectivity index (χ3v) is 6.20. The van der Waals surface area contributed by atoms with Crippen molar-refractivity contribution in [1.29, 1.82) is 0 Å². The van der Waals surface area contributed by atoms with E-state index in [1.54, 1.807) is 0 Å². The van der Waals surface area contributed by atoms with Crippen LogP contribution in [0.3, 0.4) is 0 Å². The van der Waals surface area contributed by atoms with Gasteiger partial charge < -0.3 is 9.47 Å². The number of hydrogen-bond acceptors (Lipinski definition) is 4. The monoisotopic (exact) mass is 340 g/mol. The maximum absolute atomic E-state index is 13.5. The van der Waals surface area contributed by atoms with Crippen molar-refractivity contribution in [3.63, 3.8) is 0 Å². The summed E-state index contributed by atoms with van der Waals surface area (Å²) in [6, 6.07) is 0. The summed E-state index contributed by atoms with van der Waals surface area (Å²) in [7, 11) is -5.33. The molecule has 0 spiro atoms. The van der Waals surface area contributed by atoms with E-state index < -0.39 is 21.8 Å². The predicted octanol–water partition coefficient (Wildman–Crippen LogP) is 2.82. The lowest BCUT2D eigenvalue weighted by molar-refractivity contribution is -0.198. The van der Waals surface area contributed by atoms with E-state index >= 15 is 0 Å². The van der Waals surface area contributed by atoms with Crippen LogP contribution < -0.4 is 0 Å². The van der Waals surface area contributed by atoms with Crippen molar-refractivity contribution < 1.29 is 31.2 Å². The molecule has 1 aliphatic heterocycles. The zero-order valence-electron chi connectivity index (χ0n) is 12.3. The first-order valence-corrected chi connectivity index (χ1v) is 9.32. The molecule has 3 rings (SSSR count). The molecule has 0 radical (unpaired) electrons. The molecule has 0 amide bonds. The zero-order chi connectivity index (χ0) is 16.0. The van der Waals surface area contributed by atoms with Gasteiger partial charge in [0.15, 0.2) is 6.29 Å². The Balaban J connectivity index is 1.53. The van der Waals surface area contributed by atoms with Gasteiger partial charge in [0, 0.05) is 13.0 Å². The zero-order valence-corrected chi connectivity index (χ0v) is 13.1. The fourth-order valence-electron chi connectivity index (χ4n) is 4.18. The van der Waals surface area contributed by atoms with Gasteiger partial charge in [0.2, 0.25) is 0 Å². The molecular weight excluding hydrogens is 318 g/mol. The first-order chi connectivity index (χ1) is 10.3. The highest BCUT2D eigenvalue weighted by molar-refractivity contribution is 7.86. The van der Waals surface area contributed by atoms with Crippen LogP contribution in [0.4, 0.5) is 8.78 Å². The second-order valence-electron chi connectivity index (χ2n) is 6.77. The van der Waals surface area contributed by atoms with E-state index in [1.165, 1.54) is 0 Å². The smallest absolute Gasteiger partial charge is 0.353 e. The van der Waals surface area contributed by atoms with Crippen molar-refractivity contribution in [2.24, 2.45) is 17.8 Å². The Hall–Kier alpha value is -0.310. The second kappa shape index (κ2) is 5.96. The number of halogens is 2. The molecular formula is C14H22F2O5S. The Labute approximate surface area is 129 Å². The van der Waals surface area contributed by atoms with E-state index in [0.717, 1.165) is 25.7 Å². The highest BCUT2D eigenvalue weighted by Gasteiger charge is 2.53. The van der Waals surface area contributed by atoms with Crippen LogP contribution in [0.5, 0.6) is 0 Å². The van der Waals surface area contributed by atoms with Crippen LogP contribution in [0.1, 0.15) is 44.9 Å². The van der Waals surface area contributed by atoms with Crippen LogP contribution in [-0.2, 0) is 19.6 Å².